The molecule has 0 atom stereocenters. The van der Waals surface area contributed by atoms with Gasteiger partial charge < -0.3 is 19.9 Å². The van der Waals surface area contributed by atoms with Crippen LogP contribution in [-0.2, 0) is 21.7 Å². The smallest absolute Gasteiger partial charge is 0.0498 e. The van der Waals surface area contributed by atoms with Crippen molar-refractivity contribution < 1.29 is 0 Å². The molecule has 216 valence electrons. The first kappa shape index (κ1) is 28.6. The number of hydrogen-bond donors (Lipinski definition) is 4. The van der Waals surface area contributed by atoms with Crippen molar-refractivity contribution in [3.05, 3.63) is 94.1 Å². The zero-order valence-electron chi connectivity index (χ0n) is 26.3. The molecule has 0 spiro atoms. The van der Waals surface area contributed by atoms with E-state index < -0.39 is 0 Å². The summed E-state index contributed by atoms with van der Waals surface area (Å²) >= 11 is 0. The number of H-pyrrole nitrogens is 4. The maximum atomic E-state index is 4.03. The molecule has 0 unspecified atom stereocenters. The molecular weight excluding hydrogens is 488 g/mol. The maximum Gasteiger partial charge on any atom is 0.0498 e. The summed E-state index contributed by atoms with van der Waals surface area (Å²) in [5.41, 5.74) is 10.2. The molecule has 5 rings (SSSR count). The van der Waals surface area contributed by atoms with Crippen LogP contribution in [0.25, 0.3) is 0 Å². The summed E-state index contributed by atoms with van der Waals surface area (Å²) in [6, 6.07) is 19.0. The molecule has 0 saturated heterocycles. The molecule has 1 aliphatic heterocycles. The molecule has 4 aromatic rings. The van der Waals surface area contributed by atoms with Crippen molar-refractivity contribution in [1.82, 2.24) is 19.9 Å². The van der Waals surface area contributed by atoms with Gasteiger partial charge in [-0.1, -0.05) is 55.4 Å². The van der Waals surface area contributed by atoms with E-state index >= 15 is 0 Å². The fraction of sp³-hybridized carbons (Fsp3) is 0.556. The molecule has 0 aromatic carbocycles. The number of aromatic amines is 4. The van der Waals surface area contributed by atoms with Crippen molar-refractivity contribution in [3.8, 4) is 0 Å². The molecule has 4 N–H and O–H groups in total. The van der Waals surface area contributed by atoms with Crippen molar-refractivity contribution in [1.29, 1.82) is 0 Å². The Morgan fingerprint density at radius 3 is 0.525 bits per heavy atom. The van der Waals surface area contributed by atoms with E-state index in [0.717, 1.165) is 51.4 Å². The lowest BCUT2D eigenvalue weighted by molar-refractivity contribution is 0.415. The molecule has 0 saturated carbocycles. The first-order chi connectivity index (χ1) is 19.3. The van der Waals surface area contributed by atoms with E-state index in [2.05, 4.69) is 124 Å². The second-order valence-corrected chi connectivity index (χ2v) is 12.3. The topological polar surface area (TPSA) is 63.2 Å². The average molecular weight is 541 g/mol. The van der Waals surface area contributed by atoms with Gasteiger partial charge >= 0.3 is 0 Å². The molecule has 4 heteroatoms. The van der Waals surface area contributed by atoms with Crippen molar-refractivity contribution in [3.63, 3.8) is 0 Å². The predicted octanol–water partition coefficient (Wildman–Crippen LogP) is 9.74. The Hall–Kier alpha value is -2.88. The summed E-state index contributed by atoms with van der Waals surface area (Å²) in [4.78, 5) is 16.1. The monoisotopic (exact) mass is 540 g/mol. The minimum Gasteiger partial charge on any atom is -0.361 e. The van der Waals surface area contributed by atoms with Crippen LogP contribution in [-0.4, -0.2) is 19.9 Å². The Morgan fingerprint density at radius 1 is 0.300 bits per heavy atom. The van der Waals surface area contributed by atoms with E-state index in [0.29, 0.717) is 0 Å². The van der Waals surface area contributed by atoms with Gasteiger partial charge in [-0.2, -0.15) is 0 Å². The van der Waals surface area contributed by atoms with Crippen LogP contribution in [0.5, 0.6) is 0 Å². The minimum absolute atomic E-state index is 0.0879. The lowest BCUT2D eigenvalue weighted by Gasteiger charge is -2.35. The summed E-state index contributed by atoms with van der Waals surface area (Å²) in [6.45, 7) is 18.7. The van der Waals surface area contributed by atoms with Crippen LogP contribution >= 0.6 is 0 Å². The molecule has 4 aromatic heterocycles. The SMILES string of the molecule is CCC1(CC)c2ccc([nH]2)C(CC)(CC)c2ccc([nH]2)C(CC)(CC)c2ccc([nH]2)C(CC)(CC)c2ccc1[nH]2. The van der Waals surface area contributed by atoms with Gasteiger partial charge in [-0.3, -0.25) is 0 Å². The normalized spacial score (nSPS) is 18.6. The third-order valence-electron chi connectivity index (χ3n) is 11.7. The Kier molecular flexibility index (Phi) is 7.52. The first-order valence-corrected chi connectivity index (χ1v) is 16.1. The predicted molar refractivity (Wildman–Crippen MR) is 169 cm³/mol. The molecule has 0 radical (unpaired) electrons. The molecule has 4 nitrogen and oxygen atoms in total. The molecule has 5 heterocycles. The van der Waals surface area contributed by atoms with Gasteiger partial charge in [0.05, 0.1) is 0 Å². The van der Waals surface area contributed by atoms with Crippen LogP contribution in [0.1, 0.15) is 152 Å². The van der Waals surface area contributed by atoms with Crippen LogP contribution in [0.2, 0.25) is 0 Å². The number of aromatic nitrogens is 4. The first-order valence-electron chi connectivity index (χ1n) is 16.1. The van der Waals surface area contributed by atoms with Crippen LogP contribution in [0.15, 0.2) is 48.5 Å². The number of hydrogen-bond acceptors (Lipinski definition) is 0. The summed E-state index contributed by atoms with van der Waals surface area (Å²) in [7, 11) is 0. The number of fused-ring (bicyclic) bond motifs is 8. The number of rotatable bonds is 8. The summed E-state index contributed by atoms with van der Waals surface area (Å²) in [5, 5.41) is 0. The van der Waals surface area contributed by atoms with Crippen molar-refractivity contribution in [2.24, 2.45) is 0 Å². The van der Waals surface area contributed by atoms with Crippen LogP contribution < -0.4 is 0 Å². The highest BCUT2D eigenvalue weighted by molar-refractivity contribution is 5.45. The highest BCUT2D eigenvalue weighted by Gasteiger charge is 2.42. The Labute approximate surface area is 242 Å². The fourth-order valence-corrected chi connectivity index (χ4v) is 8.44. The van der Waals surface area contributed by atoms with Gasteiger partial charge in [0.2, 0.25) is 0 Å². The van der Waals surface area contributed by atoms with Gasteiger partial charge in [0.25, 0.3) is 0 Å². The Balaban J connectivity index is 1.86. The summed E-state index contributed by atoms with van der Waals surface area (Å²) in [5.74, 6) is 0. The molecule has 40 heavy (non-hydrogen) atoms. The summed E-state index contributed by atoms with van der Waals surface area (Å²) < 4.78 is 0. The van der Waals surface area contributed by atoms with Gasteiger partial charge in [0.1, 0.15) is 0 Å². The van der Waals surface area contributed by atoms with E-state index in [4.69, 9.17) is 0 Å². The van der Waals surface area contributed by atoms with Gasteiger partial charge in [0, 0.05) is 67.2 Å². The highest BCUT2D eigenvalue weighted by Crippen LogP contribution is 2.47. The lowest BCUT2D eigenvalue weighted by Crippen LogP contribution is -2.32. The molecule has 8 bridgehead atoms. The van der Waals surface area contributed by atoms with Crippen molar-refractivity contribution in [2.75, 3.05) is 0 Å². The van der Waals surface area contributed by atoms with Gasteiger partial charge in [0.15, 0.2) is 0 Å². The van der Waals surface area contributed by atoms with Crippen LogP contribution in [0, 0.1) is 0 Å². The Bertz CT molecular complexity index is 1110. The molecule has 0 aliphatic carbocycles. The second kappa shape index (κ2) is 10.5. The molecular formula is C36H52N4. The standard InChI is InChI=1S/C36H52N4/c1-9-33(10-2)25-17-19-27(37-25)34(11-3,12-4)29-21-23-31(39-29)36(15-7,16-8)32-24-22-30(40-32)35(13-5,14-6)28-20-18-26(33)38-28/h17-24,37-40H,9-16H2,1-8H3. The van der Waals surface area contributed by atoms with Gasteiger partial charge in [-0.15, -0.1) is 0 Å². The fourth-order valence-electron chi connectivity index (χ4n) is 8.44. The van der Waals surface area contributed by atoms with Crippen LogP contribution in [0.3, 0.4) is 0 Å². The second-order valence-electron chi connectivity index (χ2n) is 12.3. The largest absolute Gasteiger partial charge is 0.361 e. The van der Waals surface area contributed by atoms with E-state index in [-0.39, 0.29) is 21.7 Å². The third-order valence-corrected chi connectivity index (χ3v) is 11.7. The lowest BCUT2D eigenvalue weighted by atomic mass is 9.75. The number of nitrogens with one attached hydrogen (secondary N) is 4. The average Bonchev–Trinajstić information content (AvgIpc) is 3.81. The van der Waals surface area contributed by atoms with Crippen molar-refractivity contribution in [2.45, 2.75) is 128 Å². The summed E-state index contributed by atoms with van der Waals surface area (Å²) in [6.07, 6.45) is 8.29. The highest BCUT2D eigenvalue weighted by atomic mass is 14.9. The maximum absolute atomic E-state index is 4.03. The van der Waals surface area contributed by atoms with Crippen molar-refractivity contribution >= 4 is 0 Å². The van der Waals surface area contributed by atoms with Gasteiger partial charge in [-0.25, -0.2) is 0 Å². The zero-order valence-corrected chi connectivity index (χ0v) is 26.3. The Morgan fingerprint density at radius 2 is 0.425 bits per heavy atom. The molecule has 0 fully saturated rings. The van der Waals surface area contributed by atoms with E-state index in [1.807, 2.05) is 0 Å². The van der Waals surface area contributed by atoms with E-state index in [1.165, 1.54) is 45.6 Å². The molecule has 1 aliphatic rings. The van der Waals surface area contributed by atoms with Gasteiger partial charge in [-0.05, 0) is 99.9 Å². The quantitative estimate of drug-likeness (QED) is 0.172. The van der Waals surface area contributed by atoms with E-state index in [9.17, 15) is 0 Å². The zero-order chi connectivity index (χ0) is 28.8. The molecule has 0 amide bonds. The van der Waals surface area contributed by atoms with E-state index in [1.54, 1.807) is 0 Å². The third kappa shape index (κ3) is 3.70. The van der Waals surface area contributed by atoms with Crippen LogP contribution in [0.4, 0.5) is 0 Å². The minimum atomic E-state index is -0.0879.